The minimum absolute atomic E-state index is 0.0581. The minimum Gasteiger partial charge on any atom is -0.361 e. The van der Waals surface area contributed by atoms with Crippen LogP contribution in [0.3, 0.4) is 0 Å². The molecule has 0 radical (unpaired) electrons. The number of aromatic amines is 1. The van der Waals surface area contributed by atoms with Gasteiger partial charge in [-0.2, -0.15) is 0 Å². The summed E-state index contributed by atoms with van der Waals surface area (Å²) in [6.45, 7) is 0. The van der Waals surface area contributed by atoms with E-state index in [4.69, 9.17) is 5.21 Å². The molecule has 0 saturated carbocycles. The van der Waals surface area contributed by atoms with Crippen LogP contribution >= 0.6 is 0 Å². The van der Waals surface area contributed by atoms with Crippen LogP contribution in [-0.2, 0) is 11.2 Å². The third kappa shape index (κ3) is 1.69. The topological polar surface area (TPSA) is 65.1 Å². The Balaban J connectivity index is 2.48. The maximum Gasteiger partial charge on any atom is 0.247 e. The van der Waals surface area contributed by atoms with E-state index < -0.39 is 5.91 Å². The van der Waals surface area contributed by atoms with E-state index in [-0.39, 0.29) is 12.2 Å². The molecule has 0 aliphatic carbocycles. The standard InChI is InChI=1S/C10H9FN2O2/c11-7-2-1-3-8-10(7)6(5-12-8)4-9(14)13-15/h1-3,5,12,15H,4H2,(H,13,14). The summed E-state index contributed by atoms with van der Waals surface area (Å²) in [6, 6.07) is 4.64. The van der Waals surface area contributed by atoms with Gasteiger partial charge in [0.05, 0.1) is 6.42 Å². The molecule has 0 aliphatic heterocycles. The van der Waals surface area contributed by atoms with Gasteiger partial charge in [-0.1, -0.05) is 6.07 Å². The van der Waals surface area contributed by atoms with Crippen molar-refractivity contribution in [3.8, 4) is 0 Å². The van der Waals surface area contributed by atoms with Gasteiger partial charge in [-0.05, 0) is 17.7 Å². The van der Waals surface area contributed by atoms with Gasteiger partial charge in [-0.25, -0.2) is 9.87 Å². The number of carbonyl (C=O) groups excluding carboxylic acids is 1. The first-order chi connectivity index (χ1) is 7.22. The molecule has 4 nitrogen and oxygen atoms in total. The molecule has 2 rings (SSSR count). The lowest BCUT2D eigenvalue weighted by Crippen LogP contribution is -2.20. The van der Waals surface area contributed by atoms with E-state index in [1.807, 2.05) is 0 Å². The summed E-state index contributed by atoms with van der Waals surface area (Å²) in [5.41, 5.74) is 2.67. The second-order valence-corrected chi connectivity index (χ2v) is 3.19. The second-order valence-electron chi connectivity index (χ2n) is 3.19. The highest BCUT2D eigenvalue weighted by atomic mass is 19.1. The number of carbonyl (C=O) groups is 1. The van der Waals surface area contributed by atoms with Gasteiger partial charge in [-0.15, -0.1) is 0 Å². The molecule has 1 amide bonds. The molecule has 0 spiro atoms. The second kappa shape index (κ2) is 3.70. The predicted molar refractivity (Wildman–Crippen MR) is 51.9 cm³/mol. The minimum atomic E-state index is -0.570. The quantitative estimate of drug-likeness (QED) is 0.515. The van der Waals surface area contributed by atoms with Crippen LogP contribution in [0.4, 0.5) is 4.39 Å². The third-order valence-corrected chi connectivity index (χ3v) is 2.21. The molecule has 1 aromatic carbocycles. The molecule has 5 heteroatoms. The molecule has 0 aliphatic rings. The molecule has 0 fully saturated rings. The number of fused-ring (bicyclic) bond motifs is 1. The van der Waals surface area contributed by atoms with Crippen LogP contribution in [0.25, 0.3) is 10.9 Å². The van der Waals surface area contributed by atoms with Gasteiger partial charge < -0.3 is 4.98 Å². The number of benzene rings is 1. The molecule has 1 heterocycles. The molecule has 0 saturated heterocycles. The highest BCUT2D eigenvalue weighted by molar-refractivity contribution is 5.88. The molecule has 78 valence electrons. The number of H-pyrrole nitrogens is 1. The van der Waals surface area contributed by atoms with Crippen LogP contribution in [0.15, 0.2) is 24.4 Å². The zero-order chi connectivity index (χ0) is 10.8. The fraction of sp³-hybridized carbons (Fsp3) is 0.100. The Kier molecular flexibility index (Phi) is 2.39. The Bertz CT molecular complexity index is 507. The van der Waals surface area contributed by atoms with Crippen LogP contribution in [0, 0.1) is 5.82 Å². The van der Waals surface area contributed by atoms with Gasteiger partial charge in [0.1, 0.15) is 5.82 Å². The summed E-state index contributed by atoms with van der Waals surface area (Å²) in [7, 11) is 0. The first-order valence-corrected chi connectivity index (χ1v) is 4.40. The highest BCUT2D eigenvalue weighted by Gasteiger charge is 2.11. The van der Waals surface area contributed by atoms with Crippen LogP contribution in [-0.4, -0.2) is 16.1 Å². The molecular weight excluding hydrogens is 199 g/mol. The van der Waals surface area contributed by atoms with Crippen LogP contribution < -0.4 is 5.48 Å². The average Bonchev–Trinajstić information content (AvgIpc) is 2.63. The Labute approximate surface area is 84.7 Å². The average molecular weight is 208 g/mol. The zero-order valence-corrected chi connectivity index (χ0v) is 7.75. The molecule has 0 bridgehead atoms. The lowest BCUT2D eigenvalue weighted by Gasteiger charge is -1.98. The maximum atomic E-state index is 13.4. The van der Waals surface area contributed by atoms with Crippen molar-refractivity contribution in [1.82, 2.24) is 10.5 Å². The summed E-state index contributed by atoms with van der Waals surface area (Å²) in [4.78, 5) is 13.8. The zero-order valence-electron chi connectivity index (χ0n) is 7.75. The van der Waals surface area contributed by atoms with Gasteiger partial charge in [0.2, 0.25) is 5.91 Å². The predicted octanol–water partition coefficient (Wildman–Crippen LogP) is 1.35. The van der Waals surface area contributed by atoms with Crippen molar-refractivity contribution in [2.45, 2.75) is 6.42 Å². The van der Waals surface area contributed by atoms with Crippen molar-refractivity contribution in [2.75, 3.05) is 0 Å². The van der Waals surface area contributed by atoms with Crippen molar-refractivity contribution in [1.29, 1.82) is 0 Å². The summed E-state index contributed by atoms with van der Waals surface area (Å²) in [6.07, 6.45) is 1.50. The molecule has 0 atom stereocenters. The van der Waals surface area contributed by atoms with Crippen molar-refractivity contribution in [3.63, 3.8) is 0 Å². The van der Waals surface area contributed by atoms with E-state index >= 15 is 0 Å². The van der Waals surface area contributed by atoms with Crippen LogP contribution in [0.2, 0.25) is 0 Å². The first-order valence-electron chi connectivity index (χ1n) is 4.40. The lowest BCUT2D eigenvalue weighted by molar-refractivity contribution is -0.128. The number of amides is 1. The van der Waals surface area contributed by atoms with Crippen molar-refractivity contribution in [3.05, 3.63) is 35.8 Å². The number of hydrogen-bond donors (Lipinski definition) is 3. The van der Waals surface area contributed by atoms with E-state index in [0.29, 0.717) is 16.5 Å². The monoisotopic (exact) mass is 208 g/mol. The van der Waals surface area contributed by atoms with E-state index in [2.05, 4.69) is 4.98 Å². The van der Waals surface area contributed by atoms with Gasteiger partial charge in [0.15, 0.2) is 0 Å². The summed E-state index contributed by atoms with van der Waals surface area (Å²) >= 11 is 0. The van der Waals surface area contributed by atoms with Crippen molar-refractivity contribution < 1.29 is 14.4 Å². The number of rotatable bonds is 2. The molecule has 15 heavy (non-hydrogen) atoms. The van der Waals surface area contributed by atoms with E-state index in [1.165, 1.54) is 11.5 Å². The smallest absolute Gasteiger partial charge is 0.247 e. The first kappa shape index (κ1) is 9.67. The maximum absolute atomic E-state index is 13.4. The Morgan fingerprint density at radius 2 is 2.33 bits per heavy atom. The lowest BCUT2D eigenvalue weighted by atomic mass is 10.1. The van der Waals surface area contributed by atoms with Gasteiger partial charge in [0.25, 0.3) is 0 Å². The number of aromatic nitrogens is 1. The van der Waals surface area contributed by atoms with E-state index in [0.717, 1.165) is 0 Å². The molecular formula is C10H9FN2O2. The summed E-state index contributed by atoms with van der Waals surface area (Å²) in [5.74, 6) is -0.950. The van der Waals surface area contributed by atoms with Crippen LogP contribution in [0.5, 0.6) is 0 Å². The largest absolute Gasteiger partial charge is 0.361 e. The number of hydrogen-bond acceptors (Lipinski definition) is 2. The van der Waals surface area contributed by atoms with Gasteiger partial charge >= 0.3 is 0 Å². The van der Waals surface area contributed by atoms with E-state index in [9.17, 15) is 9.18 Å². The van der Waals surface area contributed by atoms with Gasteiger partial charge in [-0.3, -0.25) is 10.0 Å². The number of hydroxylamine groups is 1. The molecule has 1 aromatic heterocycles. The fourth-order valence-electron chi connectivity index (χ4n) is 1.56. The Hall–Kier alpha value is -1.88. The SMILES string of the molecule is O=C(Cc1c[nH]c2cccc(F)c12)NO. The summed E-state index contributed by atoms with van der Waals surface area (Å²) in [5, 5.41) is 8.76. The van der Waals surface area contributed by atoms with Crippen molar-refractivity contribution >= 4 is 16.8 Å². The van der Waals surface area contributed by atoms with E-state index in [1.54, 1.807) is 18.3 Å². The molecule has 0 unspecified atom stereocenters. The molecule has 3 N–H and O–H groups in total. The number of halogens is 1. The Morgan fingerprint density at radius 3 is 3.07 bits per heavy atom. The van der Waals surface area contributed by atoms with Crippen molar-refractivity contribution in [2.24, 2.45) is 0 Å². The normalized spacial score (nSPS) is 10.5. The highest BCUT2D eigenvalue weighted by Crippen LogP contribution is 2.21. The van der Waals surface area contributed by atoms with Gasteiger partial charge in [0, 0.05) is 17.1 Å². The molecule has 2 aromatic rings. The Morgan fingerprint density at radius 1 is 1.53 bits per heavy atom. The fourth-order valence-corrected chi connectivity index (χ4v) is 1.56. The van der Waals surface area contributed by atoms with Crippen LogP contribution in [0.1, 0.15) is 5.56 Å². The third-order valence-electron chi connectivity index (χ3n) is 2.21. The summed E-state index contributed by atoms with van der Waals surface area (Å²) < 4.78 is 13.4. The number of nitrogens with one attached hydrogen (secondary N) is 2.